The number of nitrogens with one attached hydrogen (secondary N) is 2. The fraction of sp³-hybridized carbons (Fsp3) is 0.433. The number of halogens is 1. The molecule has 1 aliphatic carbocycles. The van der Waals surface area contributed by atoms with E-state index >= 15 is 0 Å². The normalized spacial score (nSPS) is 19.0. The number of carbonyl (C=O) groups excluding carboxylic acids is 2. The Morgan fingerprint density at radius 2 is 1.90 bits per heavy atom. The van der Waals surface area contributed by atoms with Crippen molar-refractivity contribution in [2.75, 3.05) is 18.4 Å². The summed E-state index contributed by atoms with van der Waals surface area (Å²) >= 11 is 6.09. The number of piperidine rings is 1. The van der Waals surface area contributed by atoms with Gasteiger partial charge in [0, 0.05) is 36.8 Å². The Morgan fingerprint density at radius 1 is 1.12 bits per heavy atom. The lowest BCUT2D eigenvalue weighted by Gasteiger charge is -2.29. The summed E-state index contributed by atoms with van der Waals surface area (Å²) < 4.78 is 2.97. The second kappa shape index (κ2) is 11.4. The molecule has 2 atom stereocenters. The Bertz CT molecular complexity index is 1650. The number of anilines is 1. The van der Waals surface area contributed by atoms with Crippen LogP contribution in [0.25, 0.3) is 10.9 Å². The summed E-state index contributed by atoms with van der Waals surface area (Å²) in [5, 5.41) is 15.9. The number of aromatic nitrogens is 2. The van der Waals surface area contributed by atoms with Crippen molar-refractivity contribution in [3.05, 3.63) is 73.4 Å². The molecule has 9 nitrogen and oxygen atoms in total. The van der Waals surface area contributed by atoms with Gasteiger partial charge >= 0.3 is 5.69 Å². The zero-order valence-electron chi connectivity index (χ0n) is 22.6. The van der Waals surface area contributed by atoms with Crippen LogP contribution in [-0.4, -0.2) is 33.9 Å². The molecule has 10 heteroatoms. The van der Waals surface area contributed by atoms with E-state index in [9.17, 15) is 19.2 Å². The van der Waals surface area contributed by atoms with Gasteiger partial charge in [-0.05, 0) is 87.9 Å². The van der Waals surface area contributed by atoms with E-state index in [0.29, 0.717) is 59.7 Å². The molecule has 1 aliphatic heterocycles. The van der Waals surface area contributed by atoms with Crippen LogP contribution in [0.2, 0.25) is 5.02 Å². The number of nitriles is 1. The van der Waals surface area contributed by atoms with Crippen molar-refractivity contribution < 1.29 is 9.59 Å². The molecular weight excluding hydrogens is 530 g/mol. The number of hydrogen-bond donors (Lipinski definition) is 2. The Hall–Kier alpha value is -3.74. The van der Waals surface area contributed by atoms with Gasteiger partial charge in [0.25, 0.3) is 5.56 Å². The third-order valence-corrected chi connectivity index (χ3v) is 8.10. The smallest absolute Gasteiger partial charge is 0.326 e. The van der Waals surface area contributed by atoms with Gasteiger partial charge in [0.1, 0.15) is 6.07 Å². The van der Waals surface area contributed by atoms with Crippen LogP contribution in [0.5, 0.6) is 0 Å². The topological polar surface area (TPSA) is 126 Å². The Balaban J connectivity index is 1.31. The van der Waals surface area contributed by atoms with Gasteiger partial charge in [-0.3, -0.25) is 23.5 Å². The van der Waals surface area contributed by atoms with Crippen LogP contribution in [0.1, 0.15) is 61.5 Å². The summed E-state index contributed by atoms with van der Waals surface area (Å²) in [6.45, 7) is 5.33. The third kappa shape index (κ3) is 5.74. The van der Waals surface area contributed by atoms with Crippen LogP contribution in [0.3, 0.4) is 0 Å². The molecule has 1 saturated heterocycles. The second-order valence-electron chi connectivity index (χ2n) is 11.2. The number of hydrogen-bond acceptors (Lipinski definition) is 6. The molecule has 0 radical (unpaired) electrons. The summed E-state index contributed by atoms with van der Waals surface area (Å²) in [5.74, 6) is -0.326. The van der Waals surface area contributed by atoms with Crippen molar-refractivity contribution in [2.45, 2.75) is 52.1 Å². The van der Waals surface area contributed by atoms with Crippen LogP contribution >= 0.6 is 11.6 Å². The molecule has 0 spiro atoms. The first-order valence-electron chi connectivity index (χ1n) is 13.7. The maximum Gasteiger partial charge on any atom is 0.331 e. The predicted octanol–water partition coefficient (Wildman–Crippen LogP) is 4.12. The van der Waals surface area contributed by atoms with Crippen molar-refractivity contribution in [2.24, 2.45) is 17.8 Å². The summed E-state index contributed by atoms with van der Waals surface area (Å²) in [7, 11) is 0. The first-order valence-corrected chi connectivity index (χ1v) is 14.1. The molecule has 5 rings (SSSR count). The molecular formula is C30H32ClN5O4. The number of rotatable bonds is 8. The van der Waals surface area contributed by atoms with Gasteiger partial charge in [-0.15, -0.1) is 0 Å². The second-order valence-corrected chi connectivity index (χ2v) is 11.6. The Morgan fingerprint density at radius 3 is 2.58 bits per heavy atom. The lowest BCUT2D eigenvalue weighted by Crippen LogP contribution is -2.42. The number of carbonyl (C=O) groups is 2. The van der Waals surface area contributed by atoms with E-state index in [1.165, 1.54) is 16.7 Å². The molecule has 0 bridgehead atoms. The average molecular weight is 562 g/mol. The van der Waals surface area contributed by atoms with Crippen LogP contribution < -0.4 is 21.9 Å². The van der Waals surface area contributed by atoms with E-state index < -0.39 is 0 Å². The highest BCUT2D eigenvalue weighted by atomic mass is 35.5. The van der Waals surface area contributed by atoms with E-state index in [0.717, 1.165) is 12.8 Å². The number of Topliss-reactive ketones (excluding diaryl/α,β-unsaturated/α-hetero) is 1. The van der Waals surface area contributed by atoms with E-state index in [1.54, 1.807) is 28.8 Å². The highest BCUT2D eigenvalue weighted by Crippen LogP contribution is 2.30. The van der Waals surface area contributed by atoms with Gasteiger partial charge in [-0.1, -0.05) is 11.6 Å². The fourth-order valence-corrected chi connectivity index (χ4v) is 5.69. The molecule has 2 unspecified atom stereocenters. The summed E-state index contributed by atoms with van der Waals surface area (Å²) in [6.07, 6.45) is 2.82. The van der Waals surface area contributed by atoms with E-state index in [1.807, 2.05) is 19.9 Å². The maximum atomic E-state index is 13.3. The molecule has 2 heterocycles. The van der Waals surface area contributed by atoms with Gasteiger partial charge in [0.15, 0.2) is 5.78 Å². The maximum absolute atomic E-state index is 13.3. The summed E-state index contributed by atoms with van der Waals surface area (Å²) in [5.41, 5.74) is 1.17. The predicted molar refractivity (Wildman–Crippen MR) is 154 cm³/mol. The summed E-state index contributed by atoms with van der Waals surface area (Å²) in [4.78, 5) is 52.5. The number of ketones is 1. The lowest BCUT2D eigenvalue weighted by molar-refractivity contribution is -0.120. The third-order valence-electron chi connectivity index (χ3n) is 7.79. The molecule has 2 aromatic carbocycles. The molecule has 1 amide bonds. The van der Waals surface area contributed by atoms with Gasteiger partial charge in [-0.2, -0.15) is 5.26 Å². The molecule has 208 valence electrons. The van der Waals surface area contributed by atoms with Gasteiger partial charge in [0.05, 0.1) is 27.4 Å². The van der Waals surface area contributed by atoms with Crippen molar-refractivity contribution >= 4 is 39.9 Å². The minimum atomic E-state index is -0.358. The van der Waals surface area contributed by atoms with Gasteiger partial charge in [0.2, 0.25) is 5.91 Å². The van der Waals surface area contributed by atoms with Crippen LogP contribution in [0.15, 0.2) is 46.0 Å². The molecule has 40 heavy (non-hydrogen) atoms. The van der Waals surface area contributed by atoms with Crippen LogP contribution in [0, 0.1) is 29.1 Å². The van der Waals surface area contributed by atoms with E-state index in [2.05, 4.69) is 10.6 Å². The quantitative estimate of drug-likeness (QED) is 0.398. The monoisotopic (exact) mass is 561 g/mol. The zero-order valence-corrected chi connectivity index (χ0v) is 23.3. The van der Waals surface area contributed by atoms with Gasteiger partial charge in [-0.25, -0.2) is 4.79 Å². The van der Waals surface area contributed by atoms with E-state index in [4.69, 9.17) is 16.9 Å². The number of benzene rings is 2. The van der Waals surface area contributed by atoms with Crippen LogP contribution in [0.4, 0.5) is 5.69 Å². The van der Waals surface area contributed by atoms with Gasteiger partial charge < -0.3 is 10.6 Å². The minimum absolute atomic E-state index is 0.0434. The minimum Gasteiger partial charge on any atom is -0.326 e. The highest BCUT2D eigenvalue weighted by Gasteiger charge is 2.29. The van der Waals surface area contributed by atoms with Crippen molar-refractivity contribution in [1.82, 2.24) is 14.5 Å². The molecule has 2 aliphatic rings. The first kappa shape index (κ1) is 27.8. The fourth-order valence-electron chi connectivity index (χ4n) is 5.47. The largest absolute Gasteiger partial charge is 0.331 e. The Labute approximate surface area is 236 Å². The van der Waals surface area contributed by atoms with E-state index in [-0.39, 0.29) is 52.3 Å². The molecule has 2 fully saturated rings. The number of nitrogens with zero attached hydrogens (tertiary/aromatic N) is 3. The average Bonchev–Trinajstić information content (AvgIpc) is 3.75. The molecule has 2 N–H and O–H groups in total. The molecule has 1 saturated carbocycles. The Kier molecular flexibility index (Phi) is 7.92. The van der Waals surface area contributed by atoms with Crippen molar-refractivity contribution in [1.29, 1.82) is 5.26 Å². The standard InChI is InChI=1S/C30H32ClN5O4/c1-17(2)36-26-8-7-23(12-24(26)29(39)35(30(36)40)16-18-3-4-18)34-28(38)22-9-19(14-33-15-22)10-27(37)20-5-6-21(13-32)25(31)11-20/h5-8,11-12,17-19,22,33H,3-4,9-10,14-16H2,1-2H3,(H,34,38). The van der Waals surface area contributed by atoms with Crippen molar-refractivity contribution in [3.8, 4) is 6.07 Å². The van der Waals surface area contributed by atoms with Crippen LogP contribution in [-0.2, 0) is 11.3 Å². The first-order chi connectivity index (χ1) is 19.2. The number of amides is 1. The highest BCUT2D eigenvalue weighted by molar-refractivity contribution is 6.32. The van der Waals surface area contributed by atoms with Crippen molar-refractivity contribution in [3.63, 3.8) is 0 Å². The SMILES string of the molecule is CC(C)n1c(=O)n(CC2CC2)c(=O)c2cc(NC(=O)C3CNCC(CC(=O)c4ccc(C#N)c(Cl)c4)C3)ccc21. The molecule has 3 aromatic rings. The summed E-state index contributed by atoms with van der Waals surface area (Å²) in [6, 6.07) is 11.6. The lowest BCUT2D eigenvalue weighted by atomic mass is 9.85. The molecule has 1 aromatic heterocycles. The zero-order chi connectivity index (χ0) is 28.6. The number of fused-ring (bicyclic) bond motifs is 1.